The Morgan fingerprint density at radius 2 is 1.82 bits per heavy atom. The minimum Gasteiger partial charge on any atom is -0.496 e. The summed E-state index contributed by atoms with van der Waals surface area (Å²) in [6.07, 6.45) is 0. The number of thioether (sulfide) groups is 1. The van der Waals surface area contributed by atoms with Crippen LogP contribution in [0.15, 0.2) is 89.2 Å². The maximum absolute atomic E-state index is 13.8. The zero-order chi connectivity index (χ0) is 27.5. The summed E-state index contributed by atoms with van der Waals surface area (Å²) in [5, 5.41) is 22.5. The van der Waals surface area contributed by atoms with E-state index in [-0.39, 0.29) is 11.6 Å². The molecule has 1 unspecified atom stereocenters. The van der Waals surface area contributed by atoms with E-state index in [1.54, 1.807) is 23.9 Å². The van der Waals surface area contributed by atoms with Crippen molar-refractivity contribution in [3.05, 3.63) is 111 Å². The average molecular weight is 543 g/mol. The molecule has 0 fully saturated rings. The molecular weight excluding hydrogens is 516 g/mol. The zero-order valence-electron chi connectivity index (χ0n) is 21.5. The van der Waals surface area contributed by atoms with E-state index < -0.39 is 11.0 Å². The van der Waals surface area contributed by atoms with E-state index in [9.17, 15) is 14.9 Å². The molecule has 1 aromatic heterocycles. The fourth-order valence-electron chi connectivity index (χ4n) is 4.43. The molecule has 10 nitrogen and oxygen atoms in total. The lowest BCUT2D eigenvalue weighted by atomic mass is 9.94. The van der Waals surface area contributed by atoms with Crippen LogP contribution in [0.1, 0.15) is 29.7 Å². The Balaban J connectivity index is 1.49. The van der Waals surface area contributed by atoms with Crippen molar-refractivity contribution < 1.29 is 14.5 Å². The number of amides is 1. The Hall–Kier alpha value is -4.64. The van der Waals surface area contributed by atoms with Crippen LogP contribution in [0.3, 0.4) is 0 Å². The number of nitrogens with one attached hydrogen (secondary N) is 2. The second-order valence-electron chi connectivity index (χ2n) is 8.95. The number of non-ortho nitro benzene ring substituents is 1. The maximum atomic E-state index is 13.8. The first-order valence-corrected chi connectivity index (χ1v) is 13.1. The van der Waals surface area contributed by atoms with Crippen LogP contribution in [0, 0.1) is 17.0 Å². The average Bonchev–Trinajstić information content (AvgIpc) is 3.35. The summed E-state index contributed by atoms with van der Waals surface area (Å²) >= 11 is 1.40. The molecular formula is C28H26N6O4S. The van der Waals surface area contributed by atoms with Gasteiger partial charge in [0.2, 0.25) is 11.1 Å². The number of nitrogens with zero attached hydrogens (tertiary/aromatic N) is 4. The molecule has 2 heterocycles. The molecule has 2 N–H and O–H groups in total. The summed E-state index contributed by atoms with van der Waals surface area (Å²) in [6.45, 7) is 3.79. The highest BCUT2D eigenvalue weighted by Gasteiger charge is 2.36. The predicted molar refractivity (Wildman–Crippen MR) is 150 cm³/mol. The number of fused-ring (bicyclic) bond motifs is 1. The molecule has 39 heavy (non-hydrogen) atoms. The number of aromatic nitrogens is 3. The second-order valence-corrected chi connectivity index (χ2v) is 9.89. The van der Waals surface area contributed by atoms with Crippen molar-refractivity contribution in [2.24, 2.45) is 0 Å². The number of nitro benzene ring substituents is 1. The van der Waals surface area contributed by atoms with Crippen molar-refractivity contribution in [1.29, 1.82) is 0 Å². The van der Waals surface area contributed by atoms with Crippen LogP contribution in [0.25, 0.3) is 0 Å². The highest BCUT2D eigenvalue weighted by atomic mass is 32.2. The monoisotopic (exact) mass is 542 g/mol. The number of allylic oxidation sites excluding steroid dienone is 1. The zero-order valence-corrected chi connectivity index (χ0v) is 22.4. The molecule has 0 bridgehead atoms. The van der Waals surface area contributed by atoms with Crippen LogP contribution in [0.5, 0.6) is 5.75 Å². The van der Waals surface area contributed by atoms with Gasteiger partial charge >= 0.3 is 0 Å². The minimum atomic E-state index is -0.595. The number of methoxy groups -OCH3 is 1. The van der Waals surface area contributed by atoms with Crippen molar-refractivity contribution in [3.8, 4) is 5.75 Å². The van der Waals surface area contributed by atoms with Gasteiger partial charge in [-0.25, -0.2) is 4.68 Å². The van der Waals surface area contributed by atoms with E-state index in [4.69, 9.17) is 9.84 Å². The van der Waals surface area contributed by atoms with E-state index in [2.05, 4.69) is 15.6 Å². The van der Waals surface area contributed by atoms with Crippen LogP contribution >= 0.6 is 11.8 Å². The molecule has 1 aliphatic heterocycles. The molecule has 3 aromatic carbocycles. The summed E-state index contributed by atoms with van der Waals surface area (Å²) in [5.41, 5.74) is 4.55. The quantitative estimate of drug-likeness (QED) is 0.165. The van der Waals surface area contributed by atoms with Gasteiger partial charge in [0.1, 0.15) is 11.8 Å². The molecule has 0 saturated heterocycles. The first-order valence-electron chi connectivity index (χ1n) is 12.2. The van der Waals surface area contributed by atoms with Crippen LogP contribution in [-0.4, -0.2) is 32.7 Å². The minimum absolute atomic E-state index is 0.0428. The number of hydrogen-bond donors (Lipinski definition) is 2. The van der Waals surface area contributed by atoms with Crippen LogP contribution < -0.4 is 15.4 Å². The van der Waals surface area contributed by atoms with Gasteiger partial charge in [-0.15, -0.1) is 5.10 Å². The van der Waals surface area contributed by atoms with Gasteiger partial charge in [0, 0.05) is 34.8 Å². The van der Waals surface area contributed by atoms with Gasteiger partial charge in [-0.05, 0) is 37.1 Å². The van der Waals surface area contributed by atoms with Crippen molar-refractivity contribution in [2.75, 3.05) is 17.7 Å². The fraction of sp³-hybridized carbons (Fsp3) is 0.179. The van der Waals surface area contributed by atoms with E-state index in [1.165, 1.54) is 23.9 Å². The van der Waals surface area contributed by atoms with Gasteiger partial charge < -0.3 is 15.4 Å². The van der Waals surface area contributed by atoms with Gasteiger partial charge in [0.15, 0.2) is 0 Å². The number of carbonyl (C=O) groups is 1. The largest absolute Gasteiger partial charge is 0.496 e. The lowest BCUT2D eigenvalue weighted by Gasteiger charge is -2.29. The number of aryl methyl sites for hydroxylation is 1. The van der Waals surface area contributed by atoms with E-state index in [0.717, 1.165) is 22.4 Å². The summed E-state index contributed by atoms with van der Waals surface area (Å²) in [4.78, 5) is 28.9. The molecule has 1 aliphatic rings. The molecule has 198 valence electrons. The Morgan fingerprint density at radius 3 is 2.54 bits per heavy atom. The van der Waals surface area contributed by atoms with Gasteiger partial charge in [0.05, 0.1) is 17.6 Å². The van der Waals surface area contributed by atoms with Crippen LogP contribution in [0.2, 0.25) is 0 Å². The number of hydrogen-bond acceptors (Lipinski definition) is 8. The van der Waals surface area contributed by atoms with Gasteiger partial charge in [-0.3, -0.25) is 14.9 Å². The molecule has 1 atom stereocenters. The number of rotatable bonds is 8. The van der Waals surface area contributed by atoms with Crippen molar-refractivity contribution >= 4 is 35.0 Å². The Bertz CT molecular complexity index is 1580. The summed E-state index contributed by atoms with van der Waals surface area (Å²) in [5.74, 6) is 1.39. The molecule has 5 rings (SSSR count). The molecule has 0 radical (unpaired) electrons. The highest BCUT2D eigenvalue weighted by Crippen LogP contribution is 2.40. The fourth-order valence-corrected chi connectivity index (χ4v) is 5.22. The van der Waals surface area contributed by atoms with E-state index in [1.807, 2.05) is 62.4 Å². The third kappa shape index (κ3) is 5.34. The number of carbonyl (C=O) groups excluding carboxylic acids is 1. The molecule has 11 heteroatoms. The first kappa shape index (κ1) is 26.0. The number of nitro groups is 1. The number of benzene rings is 3. The third-order valence-electron chi connectivity index (χ3n) is 6.42. The maximum Gasteiger partial charge on any atom is 0.269 e. The molecule has 0 spiro atoms. The number of ether oxygens (including phenoxy) is 1. The summed E-state index contributed by atoms with van der Waals surface area (Å²) in [7, 11) is 1.59. The van der Waals surface area contributed by atoms with E-state index in [0.29, 0.717) is 33.9 Å². The summed E-state index contributed by atoms with van der Waals surface area (Å²) in [6, 6.07) is 21.0. The van der Waals surface area contributed by atoms with Gasteiger partial charge in [-0.2, -0.15) is 4.98 Å². The van der Waals surface area contributed by atoms with E-state index >= 15 is 0 Å². The molecule has 4 aromatic rings. The molecule has 0 saturated carbocycles. The van der Waals surface area contributed by atoms with Crippen molar-refractivity contribution in [2.45, 2.75) is 30.8 Å². The highest BCUT2D eigenvalue weighted by molar-refractivity contribution is 7.98. The number of para-hydroxylation sites is 2. The lowest BCUT2D eigenvalue weighted by molar-refractivity contribution is -0.384. The lowest BCUT2D eigenvalue weighted by Crippen LogP contribution is -2.31. The second kappa shape index (κ2) is 11.0. The predicted octanol–water partition coefficient (Wildman–Crippen LogP) is 5.72. The van der Waals surface area contributed by atoms with Crippen LogP contribution in [0.4, 0.5) is 17.3 Å². The van der Waals surface area contributed by atoms with Crippen LogP contribution in [-0.2, 0) is 10.5 Å². The third-order valence-corrected chi connectivity index (χ3v) is 7.33. The van der Waals surface area contributed by atoms with Gasteiger partial charge in [-0.1, -0.05) is 60.3 Å². The normalized spacial score (nSPS) is 14.4. The smallest absolute Gasteiger partial charge is 0.269 e. The SMILES string of the molecule is COc1ccccc1C1C(C(=O)Nc2ccccc2C)=C(C)Nc2nc(SCc3ccc([N+](=O)[O-])cc3)nn21. The Kier molecular flexibility index (Phi) is 7.33. The van der Waals surface area contributed by atoms with Crippen molar-refractivity contribution in [3.63, 3.8) is 0 Å². The summed E-state index contributed by atoms with van der Waals surface area (Å²) < 4.78 is 7.37. The molecule has 0 aliphatic carbocycles. The Morgan fingerprint density at radius 1 is 1.10 bits per heavy atom. The van der Waals surface area contributed by atoms with Crippen molar-refractivity contribution in [1.82, 2.24) is 14.8 Å². The Labute approximate surface area is 229 Å². The topological polar surface area (TPSA) is 124 Å². The first-order chi connectivity index (χ1) is 18.9. The number of anilines is 2. The van der Waals surface area contributed by atoms with Gasteiger partial charge in [0.25, 0.3) is 11.6 Å². The standard InChI is InChI=1S/C28H26N6O4S/c1-17-8-4-6-10-22(17)30-26(35)24-18(2)29-27-31-28(39-16-19-12-14-20(15-13-19)34(36)37)32-33(27)25(24)21-9-5-7-11-23(21)38-3/h4-15,25H,16H2,1-3H3,(H,30,35)(H,29,31,32). The molecule has 1 amide bonds.